The molecule has 1 N–H and O–H groups in total. The second kappa shape index (κ2) is 8.86. The molecule has 1 aromatic carbocycles. The van der Waals surface area contributed by atoms with E-state index < -0.39 is 18.4 Å². The van der Waals surface area contributed by atoms with Crippen LogP contribution in [0.2, 0.25) is 0 Å². The smallest absolute Gasteiger partial charge is 0.323 e. The fraction of sp³-hybridized carbons (Fsp3) is 0.278. The van der Waals surface area contributed by atoms with Gasteiger partial charge in [-0.1, -0.05) is 30.1 Å². The zero-order valence-corrected chi connectivity index (χ0v) is 16.1. The number of hydrogen-bond donors (Lipinski definition) is 1. The number of hydrogen-bond acceptors (Lipinski definition) is 6. The van der Waals surface area contributed by atoms with Gasteiger partial charge in [0.15, 0.2) is 11.5 Å². The topological polar surface area (TPSA) is 76.1 Å². The van der Waals surface area contributed by atoms with Crippen molar-refractivity contribution in [3.63, 3.8) is 0 Å². The first-order valence-electron chi connectivity index (χ1n) is 7.83. The summed E-state index contributed by atoms with van der Waals surface area (Å²) in [5.74, 6) is -0.329. The lowest BCUT2D eigenvalue weighted by atomic mass is 10.0. The van der Waals surface area contributed by atoms with Crippen molar-refractivity contribution in [3.8, 4) is 11.5 Å². The van der Waals surface area contributed by atoms with Gasteiger partial charge in [-0.25, -0.2) is 0 Å². The monoisotopic (exact) mass is 393 g/mol. The molecule has 0 spiro atoms. The van der Waals surface area contributed by atoms with Crippen molar-refractivity contribution in [1.82, 2.24) is 4.90 Å². The van der Waals surface area contributed by atoms with Crippen LogP contribution in [0.3, 0.4) is 0 Å². The molecule has 6 nitrogen and oxygen atoms in total. The summed E-state index contributed by atoms with van der Waals surface area (Å²) in [7, 11) is 1.57. The number of carbonyl (C=O) groups excluding carboxylic acids is 1. The molecule has 1 saturated heterocycles. The Balaban J connectivity index is 2.43. The summed E-state index contributed by atoms with van der Waals surface area (Å²) in [5.41, 5.74) is 1.61. The van der Waals surface area contributed by atoms with Crippen LogP contribution in [0.15, 0.2) is 29.7 Å². The first kappa shape index (κ1) is 20.0. The first-order chi connectivity index (χ1) is 12.4. The molecule has 0 saturated carbocycles. The van der Waals surface area contributed by atoms with Gasteiger partial charge in [-0.2, -0.15) is 0 Å². The number of benzene rings is 1. The van der Waals surface area contributed by atoms with Crippen molar-refractivity contribution in [2.45, 2.75) is 13.3 Å². The molecular weight excluding hydrogens is 374 g/mol. The van der Waals surface area contributed by atoms with E-state index in [4.69, 9.17) is 26.8 Å². The third kappa shape index (κ3) is 4.44. The van der Waals surface area contributed by atoms with E-state index in [9.17, 15) is 9.59 Å². The summed E-state index contributed by atoms with van der Waals surface area (Å²) in [5, 5.41) is 8.91. The molecule has 1 heterocycles. The number of allylic oxidation sites excluding steroid dienone is 1. The number of rotatable bonds is 8. The lowest BCUT2D eigenvalue weighted by Gasteiger charge is -2.14. The van der Waals surface area contributed by atoms with Gasteiger partial charge in [0, 0.05) is 5.56 Å². The zero-order chi connectivity index (χ0) is 19.3. The van der Waals surface area contributed by atoms with E-state index in [1.807, 2.05) is 13.0 Å². The maximum Gasteiger partial charge on any atom is 0.323 e. The molecule has 2 rings (SSSR count). The molecule has 8 heteroatoms. The van der Waals surface area contributed by atoms with Crippen LogP contribution >= 0.6 is 24.0 Å². The van der Waals surface area contributed by atoms with Gasteiger partial charge in [0.1, 0.15) is 10.9 Å². The summed E-state index contributed by atoms with van der Waals surface area (Å²) < 4.78 is 11.3. The Morgan fingerprint density at radius 1 is 1.46 bits per heavy atom. The van der Waals surface area contributed by atoms with Crippen LogP contribution in [0, 0.1) is 0 Å². The van der Waals surface area contributed by atoms with Gasteiger partial charge in [-0.05, 0) is 37.1 Å². The van der Waals surface area contributed by atoms with E-state index in [0.29, 0.717) is 29.4 Å². The highest BCUT2D eigenvalue weighted by atomic mass is 32.2. The molecule has 1 amide bonds. The molecule has 1 fully saturated rings. The van der Waals surface area contributed by atoms with Crippen LogP contribution in [0.4, 0.5) is 0 Å². The number of thioether (sulfide) groups is 1. The molecular formula is C18H19NO5S2. The number of methoxy groups -OCH3 is 1. The summed E-state index contributed by atoms with van der Waals surface area (Å²) in [4.78, 5) is 24.8. The SMILES string of the molecule is C=CCc1cc(/C=C2\SC(=S)N(CC(=O)O)C2=O)cc(OCC)c1OC. The third-order valence-corrected chi connectivity index (χ3v) is 4.86. The average molecular weight is 393 g/mol. The molecule has 0 atom stereocenters. The number of ether oxygens (including phenoxy) is 2. The van der Waals surface area contributed by atoms with Gasteiger partial charge >= 0.3 is 5.97 Å². The fourth-order valence-electron chi connectivity index (χ4n) is 2.49. The largest absolute Gasteiger partial charge is 0.493 e. The maximum atomic E-state index is 12.4. The highest BCUT2D eigenvalue weighted by Crippen LogP contribution is 2.37. The molecule has 0 radical (unpaired) electrons. The minimum absolute atomic E-state index is 0.230. The number of carboxylic acid groups (broad SMARTS) is 1. The Labute approximate surface area is 161 Å². The molecule has 1 aliphatic rings. The quantitative estimate of drug-likeness (QED) is 0.413. The van der Waals surface area contributed by atoms with Crippen molar-refractivity contribution < 1.29 is 24.2 Å². The third-order valence-electron chi connectivity index (χ3n) is 3.49. The highest BCUT2D eigenvalue weighted by Gasteiger charge is 2.33. The molecule has 0 aliphatic carbocycles. The molecule has 1 aromatic rings. The summed E-state index contributed by atoms with van der Waals surface area (Å²) in [6.45, 7) is 5.64. The summed E-state index contributed by atoms with van der Waals surface area (Å²) >= 11 is 6.19. The number of nitrogens with zero attached hydrogens (tertiary/aromatic N) is 1. The normalized spacial score (nSPS) is 15.5. The van der Waals surface area contributed by atoms with Crippen molar-refractivity contribution >= 4 is 46.3 Å². The fourth-order valence-corrected chi connectivity index (χ4v) is 3.75. The van der Waals surface area contributed by atoms with Gasteiger partial charge in [0.05, 0.1) is 18.6 Å². The predicted molar refractivity (Wildman–Crippen MR) is 106 cm³/mol. The Kier molecular flexibility index (Phi) is 6.82. The Hall–Kier alpha value is -2.32. The van der Waals surface area contributed by atoms with Gasteiger partial charge < -0.3 is 14.6 Å². The number of thiocarbonyl (C=S) groups is 1. The predicted octanol–water partition coefficient (Wildman–Crippen LogP) is 3.11. The number of carboxylic acids is 1. The summed E-state index contributed by atoms with van der Waals surface area (Å²) in [6.07, 6.45) is 4.00. The molecule has 0 aromatic heterocycles. The molecule has 138 valence electrons. The zero-order valence-electron chi connectivity index (χ0n) is 14.5. The van der Waals surface area contributed by atoms with Crippen LogP contribution < -0.4 is 9.47 Å². The highest BCUT2D eigenvalue weighted by molar-refractivity contribution is 8.26. The van der Waals surface area contributed by atoms with Gasteiger partial charge in [0.2, 0.25) is 0 Å². The van der Waals surface area contributed by atoms with Gasteiger partial charge in [0.25, 0.3) is 5.91 Å². The van der Waals surface area contributed by atoms with Crippen molar-refractivity contribution in [3.05, 3.63) is 40.8 Å². The van der Waals surface area contributed by atoms with Crippen LogP contribution in [-0.2, 0) is 16.0 Å². The van der Waals surface area contributed by atoms with E-state index in [1.54, 1.807) is 25.3 Å². The lowest BCUT2D eigenvalue weighted by molar-refractivity contribution is -0.140. The van der Waals surface area contributed by atoms with E-state index in [-0.39, 0.29) is 4.32 Å². The first-order valence-corrected chi connectivity index (χ1v) is 9.05. The van der Waals surface area contributed by atoms with Crippen LogP contribution in [0.5, 0.6) is 11.5 Å². The minimum Gasteiger partial charge on any atom is -0.493 e. The second-order valence-electron chi connectivity index (χ2n) is 5.30. The number of amides is 1. The van der Waals surface area contributed by atoms with Crippen LogP contribution in [0.1, 0.15) is 18.1 Å². The van der Waals surface area contributed by atoms with Crippen LogP contribution in [0.25, 0.3) is 6.08 Å². The van der Waals surface area contributed by atoms with Gasteiger partial charge in [-0.15, -0.1) is 6.58 Å². The Bertz CT molecular complexity index is 788. The van der Waals surface area contributed by atoms with Crippen molar-refractivity contribution in [1.29, 1.82) is 0 Å². The van der Waals surface area contributed by atoms with Gasteiger partial charge in [-0.3, -0.25) is 14.5 Å². The average Bonchev–Trinajstić information content (AvgIpc) is 2.82. The molecule has 0 bridgehead atoms. The van der Waals surface area contributed by atoms with Crippen LogP contribution in [-0.4, -0.2) is 46.5 Å². The Morgan fingerprint density at radius 3 is 2.77 bits per heavy atom. The number of carbonyl (C=O) groups is 2. The number of aliphatic carboxylic acids is 1. The molecule has 1 aliphatic heterocycles. The summed E-state index contributed by atoms with van der Waals surface area (Å²) in [6, 6.07) is 3.66. The Morgan fingerprint density at radius 2 is 2.19 bits per heavy atom. The van der Waals surface area contributed by atoms with E-state index >= 15 is 0 Å². The van der Waals surface area contributed by atoms with E-state index in [2.05, 4.69) is 6.58 Å². The van der Waals surface area contributed by atoms with Crippen molar-refractivity contribution in [2.75, 3.05) is 20.3 Å². The second-order valence-corrected chi connectivity index (χ2v) is 6.97. The lowest BCUT2D eigenvalue weighted by Crippen LogP contribution is -2.33. The van der Waals surface area contributed by atoms with E-state index in [1.165, 1.54) is 0 Å². The minimum atomic E-state index is -1.11. The maximum absolute atomic E-state index is 12.4. The molecule has 26 heavy (non-hydrogen) atoms. The standard InChI is InChI=1S/C18H19NO5S2/c1-4-6-12-7-11(8-13(24-5-2)16(12)23-3)9-14-17(22)19(10-15(20)21)18(25)26-14/h4,7-9H,1,5-6,10H2,2-3H3,(H,20,21)/b14-9-. The van der Waals surface area contributed by atoms with Crippen molar-refractivity contribution in [2.24, 2.45) is 0 Å². The molecule has 0 unspecified atom stereocenters. The van der Waals surface area contributed by atoms with E-state index in [0.717, 1.165) is 27.8 Å².